The van der Waals surface area contributed by atoms with Gasteiger partial charge in [-0.15, -0.1) is 0 Å². The van der Waals surface area contributed by atoms with Gasteiger partial charge in [0.2, 0.25) is 0 Å². The smallest absolute Gasteiger partial charge is 0.167 e. The summed E-state index contributed by atoms with van der Waals surface area (Å²) >= 11 is 0. The van der Waals surface area contributed by atoms with Gasteiger partial charge in [-0.1, -0.05) is 12.1 Å². The van der Waals surface area contributed by atoms with E-state index in [0.717, 1.165) is 22.5 Å². The summed E-state index contributed by atoms with van der Waals surface area (Å²) in [5.74, 6) is 2.11. The van der Waals surface area contributed by atoms with Crippen molar-refractivity contribution in [2.24, 2.45) is 0 Å². The van der Waals surface area contributed by atoms with Crippen LogP contribution in [0.3, 0.4) is 0 Å². The first-order valence-corrected chi connectivity index (χ1v) is 7.52. The highest BCUT2D eigenvalue weighted by molar-refractivity contribution is 5.88. The number of para-hydroxylation sites is 1. The van der Waals surface area contributed by atoms with Crippen LogP contribution in [0.1, 0.15) is 20.8 Å². The Morgan fingerprint density at radius 3 is 2.52 bits per heavy atom. The van der Waals surface area contributed by atoms with Gasteiger partial charge in [0.1, 0.15) is 11.6 Å². The molecule has 3 aromatic rings. The van der Waals surface area contributed by atoms with Crippen molar-refractivity contribution >= 4 is 16.9 Å². The standard InChI is InChI=1S/C18H20N4O/c1-18(2,3)22-17-13-9-7-11-19-15(13)20-16(21-17)12-8-5-6-10-14(12)23-4/h5-11H,1-4H3,(H,19,20,21,22). The number of aromatic nitrogens is 3. The molecule has 23 heavy (non-hydrogen) atoms. The van der Waals surface area contributed by atoms with E-state index < -0.39 is 0 Å². The number of anilines is 1. The Morgan fingerprint density at radius 1 is 1.00 bits per heavy atom. The number of nitrogens with zero attached hydrogens (tertiary/aromatic N) is 3. The zero-order valence-corrected chi connectivity index (χ0v) is 13.8. The maximum atomic E-state index is 5.43. The Balaban J connectivity index is 2.22. The van der Waals surface area contributed by atoms with Crippen molar-refractivity contribution in [1.82, 2.24) is 15.0 Å². The van der Waals surface area contributed by atoms with Crippen LogP contribution in [-0.4, -0.2) is 27.6 Å². The predicted octanol–water partition coefficient (Wildman–Crippen LogP) is 3.91. The highest BCUT2D eigenvalue weighted by atomic mass is 16.5. The number of fused-ring (bicyclic) bond motifs is 1. The molecule has 0 spiro atoms. The average molecular weight is 308 g/mol. The second kappa shape index (κ2) is 5.83. The number of rotatable bonds is 3. The molecule has 118 valence electrons. The fourth-order valence-corrected chi connectivity index (χ4v) is 2.36. The lowest BCUT2D eigenvalue weighted by molar-refractivity contribution is 0.416. The third-order valence-corrected chi connectivity index (χ3v) is 3.31. The van der Waals surface area contributed by atoms with Crippen molar-refractivity contribution in [3.63, 3.8) is 0 Å². The van der Waals surface area contributed by atoms with Crippen LogP contribution in [0.5, 0.6) is 5.75 Å². The Bertz CT molecular complexity index is 840. The Labute approximate surface area is 135 Å². The van der Waals surface area contributed by atoms with Crippen molar-refractivity contribution in [1.29, 1.82) is 0 Å². The maximum absolute atomic E-state index is 5.43. The Kier molecular flexibility index (Phi) is 3.86. The van der Waals surface area contributed by atoms with Crippen LogP contribution in [0.4, 0.5) is 5.82 Å². The van der Waals surface area contributed by atoms with Gasteiger partial charge in [0.05, 0.1) is 18.1 Å². The van der Waals surface area contributed by atoms with E-state index in [4.69, 9.17) is 9.72 Å². The van der Waals surface area contributed by atoms with Crippen molar-refractivity contribution in [3.05, 3.63) is 42.6 Å². The highest BCUT2D eigenvalue weighted by Gasteiger charge is 2.17. The van der Waals surface area contributed by atoms with E-state index in [1.54, 1.807) is 13.3 Å². The Hall–Kier alpha value is -2.69. The Morgan fingerprint density at radius 2 is 1.78 bits per heavy atom. The zero-order valence-electron chi connectivity index (χ0n) is 13.8. The summed E-state index contributed by atoms with van der Waals surface area (Å²) in [6.07, 6.45) is 1.74. The third-order valence-electron chi connectivity index (χ3n) is 3.31. The van der Waals surface area contributed by atoms with Gasteiger partial charge in [-0.25, -0.2) is 15.0 Å². The van der Waals surface area contributed by atoms with E-state index in [1.807, 2.05) is 36.4 Å². The molecule has 0 aliphatic carbocycles. The first kappa shape index (κ1) is 15.2. The lowest BCUT2D eigenvalue weighted by Crippen LogP contribution is -2.27. The van der Waals surface area contributed by atoms with Gasteiger partial charge in [0, 0.05) is 11.7 Å². The number of pyridine rings is 1. The van der Waals surface area contributed by atoms with Crippen molar-refractivity contribution in [2.45, 2.75) is 26.3 Å². The van der Waals surface area contributed by atoms with Gasteiger partial charge < -0.3 is 10.1 Å². The fraction of sp³-hybridized carbons (Fsp3) is 0.278. The molecule has 0 radical (unpaired) electrons. The lowest BCUT2D eigenvalue weighted by atomic mass is 10.1. The lowest BCUT2D eigenvalue weighted by Gasteiger charge is -2.22. The third kappa shape index (κ3) is 3.23. The molecule has 5 nitrogen and oxygen atoms in total. The largest absolute Gasteiger partial charge is 0.496 e. The molecule has 5 heteroatoms. The van der Waals surface area contributed by atoms with Gasteiger partial charge in [0.15, 0.2) is 11.5 Å². The molecule has 3 rings (SSSR count). The SMILES string of the molecule is COc1ccccc1-c1nc(NC(C)(C)C)c2cccnc2n1. The second-order valence-corrected chi connectivity index (χ2v) is 6.35. The van der Waals surface area contributed by atoms with E-state index >= 15 is 0 Å². The topological polar surface area (TPSA) is 59.9 Å². The summed E-state index contributed by atoms with van der Waals surface area (Å²) in [5.41, 5.74) is 1.39. The molecule has 0 amide bonds. The van der Waals surface area contributed by atoms with Gasteiger partial charge in [-0.2, -0.15) is 0 Å². The predicted molar refractivity (Wildman–Crippen MR) is 92.7 cm³/mol. The quantitative estimate of drug-likeness (QED) is 0.795. The molecule has 0 saturated heterocycles. The molecular formula is C18H20N4O. The van der Waals surface area contributed by atoms with E-state index in [9.17, 15) is 0 Å². The highest BCUT2D eigenvalue weighted by Crippen LogP contribution is 2.30. The van der Waals surface area contributed by atoms with E-state index in [2.05, 4.69) is 36.1 Å². The van der Waals surface area contributed by atoms with Crippen LogP contribution < -0.4 is 10.1 Å². The normalized spacial score (nSPS) is 11.5. The zero-order chi connectivity index (χ0) is 16.4. The number of hydrogen-bond acceptors (Lipinski definition) is 5. The monoisotopic (exact) mass is 308 g/mol. The summed E-state index contributed by atoms with van der Waals surface area (Å²) in [5, 5.41) is 4.34. The molecule has 1 N–H and O–H groups in total. The molecule has 0 unspecified atom stereocenters. The van der Waals surface area contributed by atoms with Crippen molar-refractivity contribution in [3.8, 4) is 17.1 Å². The summed E-state index contributed by atoms with van der Waals surface area (Å²) in [6.45, 7) is 6.29. The minimum Gasteiger partial charge on any atom is -0.496 e. The maximum Gasteiger partial charge on any atom is 0.167 e. The van der Waals surface area contributed by atoms with Crippen LogP contribution in [0, 0.1) is 0 Å². The van der Waals surface area contributed by atoms with E-state index in [0.29, 0.717) is 11.5 Å². The molecule has 1 aromatic carbocycles. The minimum atomic E-state index is -0.116. The minimum absolute atomic E-state index is 0.116. The number of methoxy groups -OCH3 is 1. The van der Waals surface area contributed by atoms with Crippen LogP contribution in [0.15, 0.2) is 42.6 Å². The first-order valence-electron chi connectivity index (χ1n) is 7.52. The number of nitrogens with one attached hydrogen (secondary N) is 1. The van der Waals surface area contributed by atoms with Crippen LogP contribution in [-0.2, 0) is 0 Å². The molecule has 0 fully saturated rings. The molecule has 0 bridgehead atoms. The summed E-state index contributed by atoms with van der Waals surface area (Å²) in [7, 11) is 1.65. The molecule has 0 aliphatic heterocycles. The molecule has 0 atom stereocenters. The average Bonchev–Trinajstić information content (AvgIpc) is 2.53. The van der Waals surface area contributed by atoms with E-state index in [-0.39, 0.29) is 5.54 Å². The van der Waals surface area contributed by atoms with Crippen molar-refractivity contribution < 1.29 is 4.74 Å². The van der Waals surface area contributed by atoms with Gasteiger partial charge >= 0.3 is 0 Å². The summed E-state index contributed by atoms with van der Waals surface area (Å²) in [4.78, 5) is 13.7. The molecule has 0 aliphatic rings. The molecule has 2 heterocycles. The number of benzene rings is 1. The van der Waals surface area contributed by atoms with Crippen LogP contribution >= 0.6 is 0 Å². The molecular weight excluding hydrogens is 288 g/mol. The molecule has 0 saturated carbocycles. The fourth-order valence-electron chi connectivity index (χ4n) is 2.36. The van der Waals surface area contributed by atoms with Crippen LogP contribution in [0.2, 0.25) is 0 Å². The van der Waals surface area contributed by atoms with E-state index in [1.165, 1.54) is 0 Å². The first-order chi connectivity index (χ1) is 11.0. The van der Waals surface area contributed by atoms with Gasteiger partial charge in [0.25, 0.3) is 0 Å². The van der Waals surface area contributed by atoms with Gasteiger partial charge in [-0.05, 0) is 45.0 Å². The second-order valence-electron chi connectivity index (χ2n) is 6.35. The number of ether oxygens (including phenoxy) is 1. The summed E-state index contributed by atoms with van der Waals surface area (Å²) < 4.78 is 5.43. The van der Waals surface area contributed by atoms with Gasteiger partial charge in [-0.3, -0.25) is 0 Å². The summed E-state index contributed by atoms with van der Waals surface area (Å²) in [6, 6.07) is 11.6. The van der Waals surface area contributed by atoms with Crippen LogP contribution in [0.25, 0.3) is 22.4 Å². The molecule has 2 aromatic heterocycles. The number of hydrogen-bond donors (Lipinski definition) is 1. The van der Waals surface area contributed by atoms with Crippen molar-refractivity contribution in [2.75, 3.05) is 12.4 Å².